The summed E-state index contributed by atoms with van der Waals surface area (Å²) >= 11 is 0. The van der Waals surface area contributed by atoms with E-state index < -0.39 is 11.6 Å². The number of aldehydes is 1. The van der Waals surface area contributed by atoms with Crippen molar-refractivity contribution in [3.63, 3.8) is 0 Å². The molecule has 3 aromatic rings. The second kappa shape index (κ2) is 5.24. The maximum atomic E-state index is 13.8. The first kappa shape index (κ1) is 13.1. The number of rotatable bonds is 3. The lowest BCUT2D eigenvalue weighted by atomic mass is 10.2. The highest BCUT2D eigenvalue weighted by molar-refractivity contribution is 5.84. The van der Waals surface area contributed by atoms with E-state index in [-0.39, 0.29) is 16.9 Å². The first-order chi connectivity index (χ1) is 10.2. The molecular weight excluding hydrogens is 276 g/mol. The first-order valence-corrected chi connectivity index (χ1v) is 6.10. The number of hydrogen-bond donors (Lipinski definition) is 0. The van der Waals surface area contributed by atoms with E-state index in [2.05, 4.69) is 10.1 Å². The maximum absolute atomic E-state index is 13.8. The van der Waals surface area contributed by atoms with Crippen molar-refractivity contribution in [2.45, 2.75) is 0 Å². The van der Waals surface area contributed by atoms with Gasteiger partial charge in [-0.1, -0.05) is 12.1 Å². The fraction of sp³-hybridized carbons (Fsp3) is 0. The second-order valence-electron chi connectivity index (χ2n) is 4.31. The summed E-state index contributed by atoms with van der Waals surface area (Å²) in [5.41, 5.74) is 1.08. The van der Waals surface area contributed by atoms with Crippen LogP contribution in [-0.2, 0) is 0 Å². The van der Waals surface area contributed by atoms with E-state index in [4.69, 9.17) is 0 Å². The molecule has 1 aromatic carbocycles. The average molecular weight is 285 g/mol. The Morgan fingerprint density at radius 1 is 1.10 bits per heavy atom. The molecule has 2 heterocycles. The van der Waals surface area contributed by atoms with Crippen molar-refractivity contribution >= 4 is 6.29 Å². The van der Waals surface area contributed by atoms with Crippen LogP contribution in [0.5, 0.6) is 0 Å². The van der Waals surface area contributed by atoms with Gasteiger partial charge >= 0.3 is 0 Å². The molecule has 0 radical (unpaired) electrons. The molecule has 4 nitrogen and oxygen atoms in total. The van der Waals surface area contributed by atoms with Crippen LogP contribution in [-0.4, -0.2) is 21.1 Å². The van der Waals surface area contributed by atoms with E-state index in [9.17, 15) is 13.6 Å². The number of hydrogen-bond acceptors (Lipinski definition) is 3. The third-order valence-electron chi connectivity index (χ3n) is 2.94. The maximum Gasteiger partial charge on any atom is 0.153 e. The molecule has 0 unspecified atom stereocenters. The normalized spacial score (nSPS) is 10.6. The Morgan fingerprint density at radius 2 is 1.90 bits per heavy atom. The average Bonchev–Trinajstić information content (AvgIpc) is 2.92. The fourth-order valence-corrected chi connectivity index (χ4v) is 1.95. The second-order valence-corrected chi connectivity index (χ2v) is 4.31. The number of halogens is 2. The van der Waals surface area contributed by atoms with Crippen LogP contribution in [0.25, 0.3) is 17.1 Å². The third-order valence-corrected chi connectivity index (χ3v) is 2.94. The van der Waals surface area contributed by atoms with Gasteiger partial charge < -0.3 is 0 Å². The molecule has 0 spiro atoms. The smallest absolute Gasteiger partial charge is 0.153 e. The lowest BCUT2D eigenvalue weighted by Gasteiger charge is -2.02. The predicted octanol–water partition coefficient (Wildman–Crippen LogP) is 3.03. The van der Waals surface area contributed by atoms with Gasteiger partial charge in [-0.2, -0.15) is 5.10 Å². The van der Waals surface area contributed by atoms with Crippen LogP contribution in [0.1, 0.15) is 10.4 Å². The highest BCUT2D eigenvalue weighted by Crippen LogP contribution is 2.21. The molecule has 0 aliphatic rings. The van der Waals surface area contributed by atoms with Gasteiger partial charge in [-0.25, -0.2) is 13.5 Å². The summed E-state index contributed by atoms with van der Waals surface area (Å²) < 4.78 is 27.9. The molecule has 6 heteroatoms. The van der Waals surface area contributed by atoms with Crippen LogP contribution in [0, 0.1) is 11.6 Å². The first-order valence-electron chi connectivity index (χ1n) is 6.10. The lowest BCUT2D eigenvalue weighted by molar-refractivity contribution is 0.112. The van der Waals surface area contributed by atoms with Crippen LogP contribution in [0.4, 0.5) is 8.78 Å². The molecule has 0 amide bonds. The van der Waals surface area contributed by atoms with Gasteiger partial charge in [0.05, 0.1) is 17.5 Å². The van der Waals surface area contributed by atoms with E-state index in [0.29, 0.717) is 12.0 Å². The van der Waals surface area contributed by atoms with Gasteiger partial charge in [0.15, 0.2) is 6.29 Å². The van der Waals surface area contributed by atoms with Gasteiger partial charge in [-0.15, -0.1) is 0 Å². The zero-order chi connectivity index (χ0) is 14.8. The van der Waals surface area contributed by atoms with Crippen molar-refractivity contribution in [2.24, 2.45) is 0 Å². The number of nitrogens with zero attached hydrogens (tertiary/aromatic N) is 3. The highest BCUT2D eigenvalue weighted by Gasteiger charge is 2.14. The van der Waals surface area contributed by atoms with Crippen molar-refractivity contribution < 1.29 is 13.6 Å². The van der Waals surface area contributed by atoms with Crippen LogP contribution in [0.3, 0.4) is 0 Å². The zero-order valence-corrected chi connectivity index (χ0v) is 10.7. The van der Waals surface area contributed by atoms with Gasteiger partial charge in [-0.3, -0.25) is 9.78 Å². The van der Waals surface area contributed by atoms with Crippen molar-refractivity contribution in [3.05, 3.63) is 66.0 Å². The summed E-state index contributed by atoms with van der Waals surface area (Å²) in [6, 6.07) is 8.70. The minimum Gasteiger partial charge on any atom is -0.298 e. The monoisotopic (exact) mass is 285 g/mol. The Labute approximate surface area is 118 Å². The minimum absolute atomic E-state index is 0.217. The molecule has 3 rings (SSSR count). The van der Waals surface area contributed by atoms with Crippen LogP contribution in [0.15, 0.2) is 48.8 Å². The van der Waals surface area contributed by atoms with Crippen molar-refractivity contribution in [1.29, 1.82) is 0 Å². The van der Waals surface area contributed by atoms with Gasteiger partial charge in [0.1, 0.15) is 23.0 Å². The van der Waals surface area contributed by atoms with Crippen molar-refractivity contribution in [2.75, 3.05) is 0 Å². The van der Waals surface area contributed by atoms with Gasteiger partial charge in [0.2, 0.25) is 0 Å². The Kier molecular flexibility index (Phi) is 3.27. The number of aromatic nitrogens is 3. The van der Waals surface area contributed by atoms with E-state index in [1.165, 1.54) is 29.1 Å². The van der Waals surface area contributed by atoms with E-state index in [1.807, 2.05) is 0 Å². The summed E-state index contributed by atoms with van der Waals surface area (Å²) in [6.45, 7) is 0. The van der Waals surface area contributed by atoms with E-state index in [1.54, 1.807) is 18.2 Å². The largest absolute Gasteiger partial charge is 0.298 e. The Bertz CT molecular complexity index is 797. The van der Waals surface area contributed by atoms with E-state index >= 15 is 0 Å². The molecule has 104 valence electrons. The summed E-state index contributed by atoms with van der Waals surface area (Å²) in [5.74, 6) is -0.948. The van der Waals surface area contributed by atoms with Crippen LogP contribution >= 0.6 is 0 Å². The van der Waals surface area contributed by atoms with Gasteiger partial charge in [-0.05, 0) is 24.3 Å². The Morgan fingerprint density at radius 3 is 2.57 bits per heavy atom. The van der Waals surface area contributed by atoms with Crippen molar-refractivity contribution in [3.8, 4) is 17.1 Å². The molecule has 0 aliphatic carbocycles. The lowest BCUT2D eigenvalue weighted by Crippen LogP contribution is -1.98. The molecule has 0 atom stereocenters. The van der Waals surface area contributed by atoms with Crippen molar-refractivity contribution in [1.82, 2.24) is 14.8 Å². The molecule has 0 aliphatic heterocycles. The Hall–Kier alpha value is -2.89. The third kappa shape index (κ3) is 2.43. The molecular formula is C15H9F2N3O. The zero-order valence-electron chi connectivity index (χ0n) is 10.7. The van der Waals surface area contributed by atoms with Gasteiger partial charge in [0, 0.05) is 6.20 Å². The minimum atomic E-state index is -0.486. The summed E-state index contributed by atoms with van der Waals surface area (Å²) in [5, 5.41) is 4.17. The Balaban J connectivity index is 2.13. The molecule has 0 N–H and O–H groups in total. The predicted molar refractivity (Wildman–Crippen MR) is 72.1 cm³/mol. The molecule has 0 saturated carbocycles. The molecule has 0 fully saturated rings. The highest BCUT2D eigenvalue weighted by atomic mass is 19.1. The molecule has 21 heavy (non-hydrogen) atoms. The quantitative estimate of drug-likeness (QED) is 0.695. The summed E-state index contributed by atoms with van der Waals surface area (Å²) in [7, 11) is 0. The molecule has 0 saturated heterocycles. The van der Waals surface area contributed by atoms with Crippen LogP contribution in [0.2, 0.25) is 0 Å². The fourth-order valence-electron chi connectivity index (χ4n) is 1.95. The standard InChI is InChI=1S/C15H9F2N3O/c16-11-5-6-13(18-7-11)15-10(9-21)8-20(19-15)14-4-2-1-3-12(14)17/h1-9H. The number of pyridine rings is 1. The number of para-hydroxylation sites is 1. The van der Waals surface area contributed by atoms with Crippen LogP contribution < -0.4 is 0 Å². The number of carbonyl (C=O) groups is 1. The number of carbonyl (C=O) groups excluding carboxylic acids is 1. The number of benzene rings is 1. The molecule has 2 aromatic heterocycles. The van der Waals surface area contributed by atoms with E-state index in [0.717, 1.165) is 6.20 Å². The summed E-state index contributed by atoms with van der Waals surface area (Å²) in [6.07, 6.45) is 3.04. The molecule has 0 bridgehead atoms. The van der Waals surface area contributed by atoms with Gasteiger partial charge in [0.25, 0.3) is 0 Å². The summed E-state index contributed by atoms with van der Waals surface area (Å²) in [4.78, 5) is 15.0. The topological polar surface area (TPSA) is 47.8 Å². The SMILES string of the molecule is O=Cc1cn(-c2ccccc2F)nc1-c1ccc(F)cn1.